The Morgan fingerprint density at radius 3 is 2.43 bits per heavy atom. The van der Waals surface area contributed by atoms with E-state index in [0.717, 1.165) is 31.0 Å². The summed E-state index contributed by atoms with van der Waals surface area (Å²) in [5.41, 5.74) is 0.863. The van der Waals surface area contributed by atoms with Gasteiger partial charge in [-0.25, -0.2) is 0 Å². The number of hydrogen-bond acceptors (Lipinski definition) is 4. The summed E-state index contributed by atoms with van der Waals surface area (Å²) in [5.74, 6) is 0.909. The average molecular weight is 350 g/mol. The highest BCUT2D eigenvalue weighted by Crippen LogP contribution is 2.18. The molecule has 0 saturated carbocycles. The highest BCUT2D eigenvalue weighted by atomic mass is 35.5. The largest absolute Gasteiger partial charge is 1.00 e. The van der Waals surface area contributed by atoms with Crippen LogP contribution in [0.4, 0.5) is 0 Å². The van der Waals surface area contributed by atoms with E-state index in [1.807, 2.05) is 24.3 Å². The van der Waals surface area contributed by atoms with E-state index in [1.54, 1.807) is 11.8 Å². The molecule has 1 N–H and O–H groups in total. The summed E-state index contributed by atoms with van der Waals surface area (Å²) in [5, 5.41) is 13.8. The zero-order chi connectivity index (χ0) is 14.8. The van der Waals surface area contributed by atoms with Gasteiger partial charge in [0.2, 0.25) is 0 Å². The molecular weight excluding hydrogens is 327 g/mol. The van der Waals surface area contributed by atoms with E-state index in [1.165, 1.54) is 12.8 Å². The van der Waals surface area contributed by atoms with Crippen molar-refractivity contribution in [2.24, 2.45) is 5.16 Å². The first-order valence-electron chi connectivity index (χ1n) is 7.04. The van der Waals surface area contributed by atoms with Gasteiger partial charge in [0, 0.05) is 22.9 Å². The van der Waals surface area contributed by atoms with Crippen molar-refractivity contribution in [3.05, 3.63) is 34.9 Å². The maximum absolute atomic E-state index is 9.15. The molecular formula is C15H23Cl2N2OS-. The van der Waals surface area contributed by atoms with Crippen LogP contribution in [0.15, 0.2) is 29.4 Å². The highest BCUT2D eigenvalue weighted by molar-refractivity contribution is 8.14. The molecule has 0 radical (unpaired) electrons. The van der Waals surface area contributed by atoms with E-state index in [2.05, 4.69) is 23.9 Å². The lowest BCUT2D eigenvalue weighted by Crippen LogP contribution is -3.00. The molecule has 3 nitrogen and oxygen atoms in total. The second-order valence-electron chi connectivity index (χ2n) is 4.61. The summed E-state index contributed by atoms with van der Waals surface area (Å²) in [6, 6.07) is 7.40. The molecule has 0 spiro atoms. The SMILES string of the molecule is CCCN(CCC)CCS/C(=N/O)c1cccc(Cl)c1.[Cl-]. The van der Waals surface area contributed by atoms with Crippen LogP contribution in [0.3, 0.4) is 0 Å². The number of hydrogen-bond donors (Lipinski definition) is 1. The summed E-state index contributed by atoms with van der Waals surface area (Å²) in [6.45, 7) is 7.64. The van der Waals surface area contributed by atoms with E-state index >= 15 is 0 Å². The number of thioether (sulfide) groups is 1. The van der Waals surface area contributed by atoms with E-state index in [0.29, 0.717) is 10.1 Å². The Labute approximate surface area is 143 Å². The minimum Gasteiger partial charge on any atom is -1.00 e. The van der Waals surface area contributed by atoms with Gasteiger partial charge in [-0.3, -0.25) is 0 Å². The molecule has 0 heterocycles. The number of halogens is 2. The second-order valence-corrected chi connectivity index (χ2v) is 6.13. The fourth-order valence-corrected chi connectivity index (χ4v) is 3.12. The zero-order valence-electron chi connectivity index (χ0n) is 12.6. The molecule has 0 aliphatic carbocycles. The Kier molecular flexibility index (Phi) is 11.9. The van der Waals surface area contributed by atoms with Gasteiger partial charge in [-0.1, -0.05) is 42.7 Å². The zero-order valence-corrected chi connectivity index (χ0v) is 14.9. The van der Waals surface area contributed by atoms with E-state index in [-0.39, 0.29) is 12.4 Å². The third-order valence-electron chi connectivity index (χ3n) is 2.89. The Bertz CT molecular complexity index is 424. The molecule has 0 saturated heterocycles. The molecule has 6 heteroatoms. The lowest BCUT2D eigenvalue weighted by molar-refractivity contribution is -0.00000492. The molecule has 0 amide bonds. The monoisotopic (exact) mass is 349 g/mol. The fraction of sp³-hybridized carbons (Fsp3) is 0.533. The summed E-state index contributed by atoms with van der Waals surface area (Å²) in [4.78, 5) is 2.44. The van der Waals surface area contributed by atoms with Crippen molar-refractivity contribution in [2.45, 2.75) is 26.7 Å². The van der Waals surface area contributed by atoms with Gasteiger partial charge in [-0.15, -0.1) is 11.8 Å². The predicted molar refractivity (Wildman–Crippen MR) is 89.3 cm³/mol. The topological polar surface area (TPSA) is 35.8 Å². The van der Waals surface area contributed by atoms with Crippen molar-refractivity contribution in [2.75, 3.05) is 25.4 Å². The molecule has 0 aliphatic heterocycles. The van der Waals surface area contributed by atoms with Crippen molar-refractivity contribution in [3.63, 3.8) is 0 Å². The minimum atomic E-state index is 0. The third kappa shape index (κ3) is 7.96. The van der Waals surface area contributed by atoms with Crippen LogP contribution in [-0.4, -0.2) is 40.5 Å². The van der Waals surface area contributed by atoms with Gasteiger partial charge in [-0.2, -0.15) is 0 Å². The van der Waals surface area contributed by atoms with Crippen molar-refractivity contribution in [3.8, 4) is 0 Å². The van der Waals surface area contributed by atoms with Crippen LogP contribution in [0, 0.1) is 0 Å². The Morgan fingerprint density at radius 1 is 1.24 bits per heavy atom. The Hall–Kier alpha value is -0.420. The van der Waals surface area contributed by atoms with Crippen molar-refractivity contribution in [1.82, 2.24) is 4.90 Å². The summed E-state index contributed by atoms with van der Waals surface area (Å²) in [6.07, 6.45) is 2.33. The predicted octanol–water partition coefficient (Wildman–Crippen LogP) is 1.33. The van der Waals surface area contributed by atoms with E-state index < -0.39 is 0 Å². The van der Waals surface area contributed by atoms with Crippen molar-refractivity contribution >= 4 is 28.4 Å². The molecule has 1 aromatic carbocycles. The highest BCUT2D eigenvalue weighted by Gasteiger charge is 2.08. The molecule has 1 rings (SSSR count). The van der Waals surface area contributed by atoms with Crippen molar-refractivity contribution in [1.29, 1.82) is 0 Å². The summed E-state index contributed by atoms with van der Waals surface area (Å²) >= 11 is 7.52. The second kappa shape index (κ2) is 12.2. The minimum absolute atomic E-state index is 0. The molecule has 1 aromatic rings. The van der Waals surface area contributed by atoms with Gasteiger partial charge >= 0.3 is 0 Å². The van der Waals surface area contributed by atoms with Crippen LogP contribution < -0.4 is 12.4 Å². The molecule has 0 bridgehead atoms. The van der Waals surface area contributed by atoms with Gasteiger partial charge in [0.15, 0.2) is 0 Å². The van der Waals surface area contributed by atoms with E-state index in [9.17, 15) is 0 Å². The van der Waals surface area contributed by atoms with Crippen LogP contribution in [0.5, 0.6) is 0 Å². The first-order chi connectivity index (χ1) is 9.71. The maximum atomic E-state index is 9.15. The number of oxime groups is 1. The average Bonchev–Trinajstić information content (AvgIpc) is 2.44. The van der Waals surface area contributed by atoms with Gasteiger partial charge < -0.3 is 22.5 Å². The molecule has 0 aliphatic rings. The van der Waals surface area contributed by atoms with Gasteiger partial charge in [0.1, 0.15) is 5.04 Å². The van der Waals surface area contributed by atoms with Gasteiger partial charge in [0.25, 0.3) is 0 Å². The van der Waals surface area contributed by atoms with Crippen LogP contribution in [0.2, 0.25) is 5.02 Å². The molecule has 21 heavy (non-hydrogen) atoms. The van der Waals surface area contributed by atoms with E-state index in [4.69, 9.17) is 16.8 Å². The number of nitrogens with zero attached hydrogens (tertiary/aromatic N) is 2. The maximum Gasteiger partial charge on any atom is 0.143 e. The molecule has 0 atom stereocenters. The third-order valence-corrected chi connectivity index (χ3v) is 4.10. The summed E-state index contributed by atoms with van der Waals surface area (Å²) in [7, 11) is 0. The smallest absolute Gasteiger partial charge is 0.143 e. The van der Waals surface area contributed by atoms with Crippen LogP contribution in [-0.2, 0) is 0 Å². The normalized spacial score (nSPS) is 11.5. The lowest BCUT2D eigenvalue weighted by atomic mass is 10.2. The first kappa shape index (κ1) is 20.6. The Morgan fingerprint density at radius 2 is 1.90 bits per heavy atom. The molecule has 0 fully saturated rings. The number of benzene rings is 1. The van der Waals surface area contributed by atoms with Gasteiger partial charge in [-0.05, 0) is 38.1 Å². The standard InChI is InChI=1S/C15H23ClN2OS.ClH/c1-3-8-18(9-4-2)10-11-20-15(17-19)13-6-5-7-14(16)12-13;/h5-7,12,19H,3-4,8-11H2,1-2H3;1H/p-1/b17-15+;. The van der Waals surface area contributed by atoms with Crippen LogP contribution >= 0.6 is 23.4 Å². The van der Waals surface area contributed by atoms with Crippen molar-refractivity contribution < 1.29 is 17.6 Å². The molecule has 120 valence electrons. The molecule has 0 unspecified atom stereocenters. The van der Waals surface area contributed by atoms with Crippen LogP contribution in [0.1, 0.15) is 32.3 Å². The Balaban J connectivity index is 0.00000400. The summed E-state index contributed by atoms with van der Waals surface area (Å²) < 4.78 is 0. The quantitative estimate of drug-likeness (QED) is 0.333. The first-order valence-corrected chi connectivity index (χ1v) is 8.40. The molecule has 0 aromatic heterocycles. The van der Waals surface area contributed by atoms with Crippen LogP contribution in [0.25, 0.3) is 0 Å². The lowest BCUT2D eigenvalue weighted by Gasteiger charge is -2.20. The fourth-order valence-electron chi connectivity index (χ4n) is 2.03. The van der Waals surface area contributed by atoms with Gasteiger partial charge in [0.05, 0.1) is 0 Å². The number of rotatable bonds is 8.